The van der Waals surface area contributed by atoms with Crippen LogP contribution in [0.4, 0.5) is 0 Å². The molecule has 128 valence electrons. The highest BCUT2D eigenvalue weighted by Gasteiger charge is 2.11. The zero-order valence-corrected chi connectivity index (χ0v) is 14.3. The molecule has 5 heteroatoms. The van der Waals surface area contributed by atoms with E-state index in [1.165, 1.54) is 0 Å². The van der Waals surface area contributed by atoms with E-state index in [9.17, 15) is 9.90 Å². The van der Waals surface area contributed by atoms with Gasteiger partial charge in [-0.25, -0.2) is 0 Å². The molecule has 0 unspecified atom stereocenters. The Morgan fingerprint density at radius 1 is 1.04 bits per heavy atom. The largest absolute Gasteiger partial charge is 0.508 e. The number of fused-ring (bicyclic) bond motifs is 1. The fraction of sp³-hybridized carbons (Fsp3) is 0.0952. The number of rotatable bonds is 4. The SMILES string of the molecule is Cn1nccc1C(=O)Cc1ccc2cc(-c3ccc(O)cc3)cnc2c1. The minimum atomic E-state index is 0.0325. The summed E-state index contributed by atoms with van der Waals surface area (Å²) in [7, 11) is 1.76. The molecule has 0 bridgehead atoms. The van der Waals surface area contributed by atoms with Gasteiger partial charge in [0.15, 0.2) is 5.78 Å². The quantitative estimate of drug-likeness (QED) is 0.573. The normalized spacial score (nSPS) is 11.0. The monoisotopic (exact) mass is 343 g/mol. The maximum atomic E-state index is 12.4. The predicted molar refractivity (Wildman–Crippen MR) is 100 cm³/mol. The second-order valence-electron chi connectivity index (χ2n) is 6.24. The van der Waals surface area contributed by atoms with Crippen molar-refractivity contribution < 1.29 is 9.90 Å². The highest BCUT2D eigenvalue weighted by molar-refractivity contribution is 5.96. The number of ketones is 1. The van der Waals surface area contributed by atoms with Crippen molar-refractivity contribution in [2.45, 2.75) is 6.42 Å². The first-order valence-electron chi connectivity index (χ1n) is 8.29. The van der Waals surface area contributed by atoms with Crippen molar-refractivity contribution in [3.63, 3.8) is 0 Å². The summed E-state index contributed by atoms with van der Waals surface area (Å²) in [6, 6.07) is 16.7. The number of benzene rings is 2. The molecule has 26 heavy (non-hydrogen) atoms. The summed E-state index contributed by atoms with van der Waals surface area (Å²) in [4.78, 5) is 16.9. The lowest BCUT2D eigenvalue weighted by molar-refractivity contribution is 0.0984. The lowest BCUT2D eigenvalue weighted by Gasteiger charge is -2.06. The van der Waals surface area contributed by atoms with Gasteiger partial charge in [0.2, 0.25) is 0 Å². The zero-order chi connectivity index (χ0) is 18.1. The maximum absolute atomic E-state index is 12.4. The molecule has 0 atom stereocenters. The lowest BCUT2D eigenvalue weighted by atomic mass is 10.0. The van der Waals surface area contributed by atoms with Gasteiger partial charge in [-0.3, -0.25) is 14.5 Å². The fourth-order valence-electron chi connectivity index (χ4n) is 3.01. The Labute approximate surface area is 150 Å². The summed E-state index contributed by atoms with van der Waals surface area (Å²) in [6.45, 7) is 0. The van der Waals surface area contributed by atoms with Gasteiger partial charge in [-0.1, -0.05) is 24.3 Å². The molecule has 0 amide bonds. The molecule has 0 radical (unpaired) electrons. The number of carbonyl (C=O) groups is 1. The summed E-state index contributed by atoms with van der Waals surface area (Å²) in [6.07, 6.45) is 3.75. The average Bonchev–Trinajstić information content (AvgIpc) is 3.08. The Hall–Kier alpha value is -3.47. The number of carbonyl (C=O) groups excluding carboxylic acids is 1. The second kappa shape index (κ2) is 6.44. The molecule has 4 aromatic rings. The van der Waals surface area contributed by atoms with Crippen LogP contribution >= 0.6 is 0 Å². The van der Waals surface area contributed by atoms with E-state index in [4.69, 9.17) is 0 Å². The third-order valence-corrected chi connectivity index (χ3v) is 4.42. The lowest BCUT2D eigenvalue weighted by Crippen LogP contribution is -2.09. The molecule has 0 aliphatic carbocycles. The van der Waals surface area contributed by atoms with Crippen LogP contribution < -0.4 is 0 Å². The maximum Gasteiger partial charge on any atom is 0.185 e. The number of hydrogen-bond donors (Lipinski definition) is 1. The number of Topliss-reactive ketones (excluding diaryl/α,β-unsaturated/α-hetero) is 1. The summed E-state index contributed by atoms with van der Waals surface area (Å²) >= 11 is 0. The molecule has 0 spiro atoms. The van der Waals surface area contributed by atoms with Crippen molar-refractivity contribution in [2.24, 2.45) is 7.05 Å². The van der Waals surface area contributed by atoms with Crippen LogP contribution in [0.5, 0.6) is 5.75 Å². The van der Waals surface area contributed by atoms with Gasteiger partial charge >= 0.3 is 0 Å². The highest BCUT2D eigenvalue weighted by Crippen LogP contribution is 2.25. The molecule has 0 aliphatic heterocycles. The van der Waals surface area contributed by atoms with Gasteiger partial charge in [-0.2, -0.15) is 5.10 Å². The summed E-state index contributed by atoms with van der Waals surface area (Å²) in [5.41, 5.74) is 4.35. The number of phenolic OH excluding ortho intramolecular Hbond substituents is 1. The molecule has 2 aromatic heterocycles. The van der Waals surface area contributed by atoms with Crippen molar-refractivity contribution in [1.82, 2.24) is 14.8 Å². The Kier molecular flexibility index (Phi) is 3.97. The van der Waals surface area contributed by atoms with E-state index in [2.05, 4.69) is 16.1 Å². The fourth-order valence-corrected chi connectivity index (χ4v) is 3.01. The van der Waals surface area contributed by atoms with Crippen LogP contribution in [0.15, 0.2) is 67.0 Å². The standard InChI is InChI=1S/C21H17N3O2/c1-24-20(8-9-23-24)21(26)11-14-2-3-16-12-17(13-22-19(16)10-14)15-4-6-18(25)7-5-15/h2-10,12-13,25H,11H2,1H3. The van der Waals surface area contributed by atoms with Crippen LogP contribution in [-0.4, -0.2) is 25.7 Å². The van der Waals surface area contributed by atoms with E-state index in [-0.39, 0.29) is 11.5 Å². The Balaban J connectivity index is 1.62. The number of aromatic hydroxyl groups is 1. The Morgan fingerprint density at radius 2 is 1.85 bits per heavy atom. The third kappa shape index (κ3) is 3.07. The van der Waals surface area contributed by atoms with E-state index < -0.39 is 0 Å². The minimum Gasteiger partial charge on any atom is -0.508 e. The molecular weight excluding hydrogens is 326 g/mol. The second-order valence-corrected chi connectivity index (χ2v) is 6.24. The van der Waals surface area contributed by atoms with Gasteiger partial charge in [0.1, 0.15) is 11.4 Å². The van der Waals surface area contributed by atoms with Crippen LogP contribution in [0.25, 0.3) is 22.0 Å². The van der Waals surface area contributed by atoms with Gasteiger partial charge in [-0.05, 0) is 41.5 Å². The first kappa shape index (κ1) is 16.0. The zero-order valence-electron chi connectivity index (χ0n) is 14.3. The number of hydrogen-bond acceptors (Lipinski definition) is 4. The molecule has 2 heterocycles. The molecule has 5 nitrogen and oxygen atoms in total. The van der Waals surface area contributed by atoms with E-state index in [1.807, 2.05) is 30.3 Å². The van der Waals surface area contributed by atoms with Crippen LogP contribution in [0.1, 0.15) is 16.1 Å². The van der Waals surface area contributed by atoms with Crippen LogP contribution in [0.3, 0.4) is 0 Å². The highest BCUT2D eigenvalue weighted by atomic mass is 16.3. The van der Waals surface area contributed by atoms with Gasteiger partial charge in [0.05, 0.1) is 5.52 Å². The summed E-state index contributed by atoms with van der Waals surface area (Å²) in [5.74, 6) is 0.273. The Bertz CT molecular complexity index is 1100. The topological polar surface area (TPSA) is 68.0 Å². The number of nitrogens with zero attached hydrogens (tertiary/aromatic N) is 3. The van der Waals surface area contributed by atoms with Crippen molar-refractivity contribution in [1.29, 1.82) is 0 Å². The van der Waals surface area contributed by atoms with E-state index in [0.29, 0.717) is 12.1 Å². The van der Waals surface area contributed by atoms with Gasteiger partial charge in [0, 0.05) is 36.8 Å². The number of aryl methyl sites for hydroxylation is 1. The minimum absolute atomic E-state index is 0.0325. The van der Waals surface area contributed by atoms with Crippen molar-refractivity contribution in [3.05, 3.63) is 78.2 Å². The first-order chi connectivity index (χ1) is 12.6. The molecule has 0 fully saturated rings. The smallest absolute Gasteiger partial charge is 0.185 e. The van der Waals surface area contributed by atoms with Crippen molar-refractivity contribution in [3.8, 4) is 16.9 Å². The molecule has 0 saturated heterocycles. The van der Waals surface area contributed by atoms with Crippen molar-refractivity contribution >= 4 is 16.7 Å². The summed E-state index contributed by atoms with van der Waals surface area (Å²) in [5, 5.41) is 14.5. The van der Waals surface area contributed by atoms with Gasteiger partial charge in [0.25, 0.3) is 0 Å². The first-order valence-corrected chi connectivity index (χ1v) is 8.29. The van der Waals surface area contributed by atoms with E-state index in [0.717, 1.165) is 27.6 Å². The van der Waals surface area contributed by atoms with Crippen LogP contribution in [0, 0.1) is 0 Å². The molecule has 1 N–H and O–H groups in total. The van der Waals surface area contributed by atoms with Gasteiger partial charge in [-0.15, -0.1) is 0 Å². The predicted octanol–water partition coefficient (Wildman–Crippen LogP) is 3.77. The summed E-state index contributed by atoms with van der Waals surface area (Å²) < 4.78 is 1.59. The van der Waals surface area contributed by atoms with E-state index in [1.54, 1.807) is 42.3 Å². The molecular formula is C21H17N3O2. The average molecular weight is 343 g/mol. The molecule has 2 aromatic carbocycles. The Morgan fingerprint density at radius 3 is 2.58 bits per heavy atom. The van der Waals surface area contributed by atoms with Crippen LogP contribution in [0.2, 0.25) is 0 Å². The number of aromatic nitrogens is 3. The number of pyridine rings is 1. The number of phenols is 1. The molecule has 0 aliphatic rings. The molecule has 0 saturated carbocycles. The third-order valence-electron chi connectivity index (χ3n) is 4.42. The van der Waals surface area contributed by atoms with Crippen LogP contribution in [-0.2, 0) is 13.5 Å². The molecule has 4 rings (SSSR count). The van der Waals surface area contributed by atoms with E-state index >= 15 is 0 Å². The van der Waals surface area contributed by atoms with Gasteiger partial charge < -0.3 is 5.11 Å². The van der Waals surface area contributed by atoms with Crippen molar-refractivity contribution in [2.75, 3.05) is 0 Å².